The molecule has 0 radical (unpaired) electrons. The molecular weight excluding hydrogens is 242 g/mol. The summed E-state index contributed by atoms with van der Waals surface area (Å²) in [6.07, 6.45) is 1.26. The number of fused-ring (bicyclic) bond motifs is 1. The molecule has 18 heavy (non-hydrogen) atoms. The minimum atomic E-state index is 0.376. The van der Waals surface area contributed by atoms with Crippen LogP contribution >= 0.6 is 11.8 Å². The molecule has 0 aromatic heterocycles. The van der Waals surface area contributed by atoms with Crippen LogP contribution < -0.4 is 10.1 Å². The Morgan fingerprint density at radius 1 is 1.33 bits per heavy atom. The molecule has 2 atom stereocenters. The second-order valence-electron chi connectivity index (χ2n) is 6.15. The van der Waals surface area contributed by atoms with Gasteiger partial charge in [-0.2, -0.15) is 11.8 Å². The molecule has 98 valence electrons. The molecule has 2 aliphatic rings. The minimum absolute atomic E-state index is 0.376. The Labute approximate surface area is 113 Å². The zero-order valence-electron chi connectivity index (χ0n) is 11.1. The highest BCUT2D eigenvalue weighted by molar-refractivity contribution is 7.99. The first-order chi connectivity index (χ1) is 8.64. The van der Waals surface area contributed by atoms with Gasteiger partial charge in [0.25, 0.3) is 0 Å². The van der Waals surface area contributed by atoms with E-state index in [0.717, 1.165) is 12.4 Å². The molecule has 0 saturated carbocycles. The van der Waals surface area contributed by atoms with Gasteiger partial charge < -0.3 is 10.1 Å². The molecule has 3 heteroatoms. The molecule has 0 spiro atoms. The second-order valence-corrected chi connectivity index (χ2v) is 7.18. The summed E-state index contributed by atoms with van der Waals surface area (Å²) in [5.74, 6) is 3.56. The van der Waals surface area contributed by atoms with Crippen molar-refractivity contribution in [2.24, 2.45) is 5.41 Å². The van der Waals surface area contributed by atoms with Gasteiger partial charge in [0, 0.05) is 17.4 Å². The summed E-state index contributed by atoms with van der Waals surface area (Å²) in [6.45, 7) is 5.51. The smallest absolute Gasteiger partial charge is 0.124 e. The van der Waals surface area contributed by atoms with Crippen LogP contribution in [-0.2, 0) is 0 Å². The van der Waals surface area contributed by atoms with E-state index >= 15 is 0 Å². The number of thioether (sulfide) groups is 1. The molecule has 0 bridgehead atoms. The van der Waals surface area contributed by atoms with E-state index in [9.17, 15) is 0 Å². The summed E-state index contributed by atoms with van der Waals surface area (Å²) in [5.41, 5.74) is 1.78. The van der Waals surface area contributed by atoms with Crippen LogP contribution in [0.3, 0.4) is 0 Å². The van der Waals surface area contributed by atoms with Gasteiger partial charge in [0.2, 0.25) is 0 Å². The minimum Gasteiger partial charge on any atom is -0.491 e. The van der Waals surface area contributed by atoms with Gasteiger partial charge in [0.05, 0.1) is 6.04 Å². The van der Waals surface area contributed by atoms with Crippen LogP contribution in [0.5, 0.6) is 5.75 Å². The lowest BCUT2D eigenvalue weighted by Crippen LogP contribution is -2.42. The second kappa shape index (κ2) is 4.78. The molecule has 1 N–H and O–H groups in total. The van der Waals surface area contributed by atoms with Crippen LogP contribution in [0.4, 0.5) is 0 Å². The summed E-state index contributed by atoms with van der Waals surface area (Å²) in [7, 11) is 0. The molecule has 1 fully saturated rings. The Balaban J connectivity index is 1.68. The lowest BCUT2D eigenvalue weighted by molar-refractivity contribution is 0.265. The number of hydrogen-bond donors (Lipinski definition) is 1. The molecule has 3 rings (SSSR count). The molecule has 2 aliphatic heterocycles. The highest BCUT2D eigenvalue weighted by atomic mass is 32.2. The van der Waals surface area contributed by atoms with E-state index in [0.29, 0.717) is 17.5 Å². The molecule has 2 heterocycles. The Kier molecular flexibility index (Phi) is 3.29. The highest BCUT2D eigenvalue weighted by Gasteiger charge is 2.32. The predicted molar refractivity (Wildman–Crippen MR) is 77.3 cm³/mol. The number of para-hydroxylation sites is 1. The van der Waals surface area contributed by atoms with Crippen molar-refractivity contribution in [3.05, 3.63) is 29.8 Å². The van der Waals surface area contributed by atoms with Crippen molar-refractivity contribution < 1.29 is 4.74 Å². The molecule has 2 unspecified atom stereocenters. The number of hydrogen-bond acceptors (Lipinski definition) is 3. The average molecular weight is 263 g/mol. The normalized spacial score (nSPS) is 29.7. The number of benzene rings is 1. The molecule has 0 amide bonds. The maximum Gasteiger partial charge on any atom is 0.124 e. The SMILES string of the molecule is CC1(C)CSCC(NC2COc3ccccc32)C1. The van der Waals surface area contributed by atoms with Crippen molar-refractivity contribution in [1.82, 2.24) is 5.32 Å². The fourth-order valence-electron chi connectivity index (χ4n) is 2.95. The number of rotatable bonds is 2. The van der Waals surface area contributed by atoms with Gasteiger partial charge in [-0.05, 0) is 23.7 Å². The van der Waals surface area contributed by atoms with Gasteiger partial charge in [0.15, 0.2) is 0 Å². The Bertz CT molecular complexity index is 432. The van der Waals surface area contributed by atoms with Crippen molar-refractivity contribution in [1.29, 1.82) is 0 Å². The Hall–Kier alpha value is -0.670. The standard InChI is InChI=1S/C15H21NOS/c1-15(2)7-11(9-18-10-15)16-13-8-17-14-6-4-3-5-12(13)14/h3-6,11,13,16H,7-10H2,1-2H3. The van der Waals surface area contributed by atoms with Crippen LogP contribution in [0.15, 0.2) is 24.3 Å². The van der Waals surface area contributed by atoms with E-state index in [2.05, 4.69) is 49.1 Å². The lowest BCUT2D eigenvalue weighted by Gasteiger charge is -2.36. The third-order valence-electron chi connectivity index (χ3n) is 3.75. The fourth-order valence-corrected chi connectivity index (χ4v) is 4.24. The summed E-state index contributed by atoms with van der Waals surface area (Å²) >= 11 is 2.07. The van der Waals surface area contributed by atoms with Gasteiger partial charge in [-0.15, -0.1) is 0 Å². The number of nitrogens with one attached hydrogen (secondary N) is 1. The Morgan fingerprint density at radius 3 is 3.00 bits per heavy atom. The third-order valence-corrected chi connectivity index (χ3v) is 5.37. The number of ether oxygens (including phenoxy) is 1. The zero-order chi connectivity index (χ0) is 12.6. The average Bonchev–Trinajstić information content (AvgIpc) is 2.72. The molecule has 2 nitrogen and oxygen atoms in total. The maximum atomic E-state index is 5.74. The third kappa shape index (κ3) is 2.52. The largest absolute Gasteiger partial charge is 0.491 e. The van der Waals surface area contributed by atoms with E-state index in [1.165, 1.54) is 23.5 Å². The fraction of sp³-hybridized carbons (Fsp3) is 0.600. The lowest BCUT2D eigenvalue weighted by atomic mass is 9.87. The highest BCUT2D eigenvalue weighted by Crippen LogP contribution is 2.36. The van der Waals surface area contributed by atoms with Gasteiger partial charge >= 0.3 is 0 Å². The molecule has 0 aliphatic carbocycles. The summed E-state index contributed by atoms with van der Waals surface area (Å²) in [6, 6.07) is 9.37. The first-order valence-corrected chi connectivity index (χ1v) is 7.85. The van der Waals surface area contributed by atoms with E-state index in [1.807, 2.05) is 6.07 Å². The van der Waals surface area contributed by atoms with E-state index in [4.69, 9.17) is 4.74 Å². The first kappa shape index (κ1) is 12.4. The van der Waals surface area contributed by atoms with Crippen molar-refractivity contribution in [2.75, 3.05) is 18.1 Å². The van der Waals surface area contributed by atoms with Crippen molar-refractivity contribution in [3.8, 4) is 5.75 Å². The van der Waals surface area contributed by atoms with E-state index < -0.39 is 0 Å². The quantitative estimate of drug-likeness (QED) is 0.885. The van der Waals surface area contributed by atoms with Crippen LogP contribution in [0.25, 0.3) is 0 Å². The summed E-state index contributed by atoms with van der Waals surface area (Å²) in [5, 5.41) is 3.78. The van der Waals surface area contributed by atoms with Gasteiger partial charge in [-0.25, -0.2) is 0 Å². The molecule has 1 aromatic rings. The van der Waals surface area contributed by atoms with E-state index in [-0.39, 0.29) is 0 Å². The zero-order valence-corrected chi connectivity index (χ0v) is 11.9. The maximum absolute atomic E-state index is 5.74. The van der Waals surface area contributed by atoms with Gasteiger partial charge in [0.1, 0.15) is 12.4 Å². The van der Waals surface area contributed by atoms with Crippen LogP contribution in [0.2, 0.25) is 0 Å². The predicted octanol–water partition coefficient (Wildman–Crippen LogP) is 3.24. The summed E-state index contributed by atoms with van der Waals surface area (Å²) in [4.78, 5) is 0. The Morgan fingerprint density at radius 2 is 2.17 bits per heavy atom. The van der Waals surface area contributed by atoms with E-state index in [1.54, 1.807) is 0 Å². The summed E-state index contributed by atoms with van der Waals surface area (Å²) < 4.78 is 5.74. The first-order valence-electron chi connectivity index (χ1n) is 6.70. The molecular formula is C15H21NOS. The van der Waals surface area contributed by atoms with Crippen molar-refractivity contribution in [2.45, 2.75) is 32.4 Å². The molecule has 1 aromatic carbocycles. The van der Waals surface area contributed by atoms with Gasteiger partial charge in [-0.3, -0.25) is 0 Å². The topological polar surface area (TPSA) is 21.3 Å². The monoisotopic (exact) mass is 263 g/mol. The van der Waals surface area contributed by atoms with Crippen LogP contribution in [-0.4, -0.2) is 24.2 Å². The van der Waals surface area contributed by atoms with Gasteiger partial charge in [-0.1, -0.05) is 32.0 Å². The van der Waals surface area contributed by atoms with Crippen molar-refractivity contribution >= 4 is 11.8 Å². The van der Waals surface area contributed by atoms with Crippen LogP contribution in [0, 0.1) is 5.41 Å². The molecule has 1 saturated heterocycles. The van der Waals surface area contributed by atoms with Crippen molar-refractivity contribution in [3.63, 3.8) is 0 Å². The van der Waals surface area contributed by atoms with Crippen LogP contribution in [0.1, 0.15) is 31.9 Å².